The molecule has 1 heterocycles. The number of hydrogen-bond donors (Lipinski definition) is 1. The average molecular weight is 84.1 g/mol. The van der Waals surface area contributed by atoms with Gasteiger partial charge in [-0.25, -0.2) is 0 Å². The van der Waals surface area contributed by atoms with Crippen molar-refractivity contribution in [3.05, 3.63) is 0 Å². The Kier molecular flexibility index (Phi) is 1.22. The Hall–Kier alpha value is -0.370. The van der Waals surface area contributed by atoms with Crippen LogP contribution in [0.25, 0.3) is 0 Å². The molecule has 0 bridgehead atoms. The molecule has 2 nitrogen and oxygen atoms in total. The van der Waals surface area contributed by atoms with E-state index in [4.69, 9.17) is 0 Å². The van der Waals surface area contributed by atoms with E-state index in [0.29, 0.717) is 0 Å². The molecule has 0 aromatic heterocycles. The van der Waals surface area contributed by atoms with Gasteiger partial charge in [0.25, 0.3) is 6.67 Å². The fourth-order valence-electron chi connectivity index (χ4n) is 0.466. The van der Waals surface area contributed by atoms with Crippen molar-refractivity contribution < 1.29 is 0 Å². The molecule has 0 aromatic rings. The van der Waals surface area contributed by atoms with Crippen molar-refractivity contribution in [3.8, 4) is 0 Å². The second-order valence-corrected chi connectivity index (χ2v) is 1.31. The summed E-state index contributed by atoms with van der Waals surface area (Å²) < 4.78 is 0. The lowest BCUT2D eigenvalue weighted by Crippen LogP contribution is -2.25. The summed E-state index contributed by atoms with van der Waals surface area (Å²) >= 11 is 0. The number of rotatable bonds is 0. The topological polar surface area (TPSA) is 26.1 Å². The molecule has 33 valence electrons. The molecule has 0 saturated heterocycles. The number of hydrogen-bond acceptors (Lipinski definition) is 2. The minimum atomic E-state index is 0.819. The van der Waals surface area contributed by atoms with Crippen LogP contribution in [0.15, 0.2) is 0 Å². The number of aliphatic imine (C=N–C) groups is 1. The zero-order valence-electron chi connectivity index (χ0n) is 3.65. The molecule has 0 amide bonds. The van der Waals surface area contributed by atoms with Gasteiger partial charge in [-0.3, -0.25) is 5.32 Å². The van der Waals surface area contributed by atoms with Crippen LogP contribution >= 0.6 is 0 Å². The number of nitrogens with one attached hydrogen (secondary N) is 1. The van der Waals surface area contributed by atoms with E-state index in [1.54, 1.807) is 0 Å². The molecule has 0 unspecified atom stereocenters. The van der Waals surface area contributed by atoms with Crippen molar-refractivity contribution in [2.45, 2.75) is 6.42 Å². The predicted molar refractivity (Wildman–Crippen MR) is 25.7 cm³/mol. The summed E-state index contributed by atoms with van der Waals surface area (Å²) in [5.41, 5.74) is 0. The molecule has 0 aromatic carbocycles. The van der Waals surface area contributed by atoms with E-state index in [1.807, 2.05) is 6.21 Å². The van der Waals surface area contributed by atoms with Crippen LogP contribution in [-0.2, 0) is 0 Å². The third-order valence-corrected chi connectivity index (χ3v) is 0.782. The van der Waals surface area contributed by atoms with E-state index in [-0.39, 0.29) is 0 Å². The molecule has 2 heteroatoms. The Bertz CT molecular complexity index is 50.6. The zero-order valence-corrected chi connectivity index (χ0v) is 3.65. The monoisotopic (exact) mass is 84.1 g/mol. The van der Waals surface area contributed by atoms with Crippen molar-refractivity contribution in [2.75, 3.05) is 13.2 Å². The SMILES string of the molecule is C1=[N+]CNCC1. The van der Waals surface area contributed by atoms with Crippen molar-refractivity contribution >= 4 is 6.21 Å². The van der Waals surface area contributed by atoms with Crippen LogP contribution in [0, 0.1) is 0 Å². The van der Waals surface area contributed by atoms with Crippen LogP contribution in [0.4, 0.5) is 0 Å². The van der Waals surface area contributed by atoms with Crippen LogP contribution < -0.4 is 10.3 Å². The molecule has 0 saturated carbocycles. The molecule has 0 fully saturated rings. The largest absolute Gasteiger partial charge is 0.263 e. The van der Waals surface area contributed by atoms with Crippen LogP contribution in [0.3, 0.4) is 0 Å². The fraction of sp³-hybridized carbons (Fsp3) is 0.750. The highest BCUT2D eigenvalue weighted by Crippen LogP contribution is 1.68. The summed E-state index contributed by atoms with van der Waals surface area (Å²) in [7, 11) is 0. The van der Waals surface area contributed by atoms with Crippen LogP contribution in [-0.4, -0.2) is 19.4 Å². The molecule has 6 heavy (non-hydrogen) atoms. The number of nitrogens with zero attached hydrogens (tertiary/aromatic N) is 1. The molecule has 0 atom stereocenters. The third kappa shape index (κ3) is 0.792. The molecule has 1 radical (unpaired) electrons. The van der Waals surface area contributed by atoms with E-state index in [0.717, 1.165) is 19.6 Å². The van der Waals surface area contributed by atoms with Gasteiger partial charge in [-0.15, -0.1) is 0 Å². The molecule has 1 aliphatic rings. The van der Waals surface area contributed by atoms with Crippen molar-refractivity contribution in [3.63, 3.8) is 0 Å². The molecule has 1 N–H and O–H groups in total. The van der Waals surface area contributed by atoms with Crippen molar-refractivity contribution in [2.24, 2.45) is 0 Å². The van der Waals surface area contributed by atoms with Gasteiger partial charge in [0.2, 0.25) is 6.21 Å². The lowest BCUT2D eigenvalue weighted by atomic mass is 10.4. The van der Waals surface area contributed by atoms with Gasteiger partial charge >= 0.3 is 0 Å². The van der Waals surface area contributed by atoms with Gasteiger partial charge in [0, 0.05) is 18.0 Å². The van der Waals surface area contributed by atoms with Gasteiger partial charge in [-0.1, -0.05) is 0 Å². The van der Waals surface area contributed by atoms with E-state index in [2.05, 4.69) is 10.3 Å². The highest BCUT2D eigenvalue weighted by Gasteiger charge is 1.97. The van der Waals surface area contributed by atoms with E-state index >= 15 is 0 Å². The molecule has 1 aliphatic heterocycles. The Morgan fingerprint density at radius 2 is 2.67 bits per heavy atom. The Labute approximate surface area is 37.3 Å². The second kappa shape index (κ2) is 1.92. The lowest BCUT2D eigenvalue weighted by molar-refractivity contribution is 0.664. The molecular weight excluding hydrogens is 76.1 g/mol. The maximum atomic E-state index is 3.94. The standard InChI is InChI=1S/C4H8N2/c1-2-5-4-6-3-1/h2,6H,1,3-4H2/q+1. The van der Waals surface area contributed by atoms with Gasteiger partial charge < -0.3 is 0 Å². The first kappa shape index (κ1) is 3.81. The summed E-state index contributed by atoms with van der Waals surface area (Å²) in [6.07, 6.45) is 3.05. The lowest BCUT2D eigenvalue weighted by Gasteiger charge is -1.90. The maximum absolute atomic E-state index is 3.94. The highest BCUT2D eigenvalue weighted by molar-refractivity contribution is 5.56. The smallest absolute Gasteiger partial charge is 0.256 e. The quantitative estimate of drug-likeness (QED) is 0.414. The van der Waals surface area contributed by atoms with Crippen LogP contribution in [0.2, 0.25) is 0 Å². The Morgan fingerprint density at radius 3 is 2.83 bits per heavy atom. The minimum Gasteiger partial charge on any atom is -0.256 e. The Balaban J connectivity index is 2.26. The summed E-state index contributed by atoms with van der Waals surface area (Å²) in [5, 5.41) is 3.09. The maximum Gasteiger partial charge on any atom is 0.263 e. The predicted octanol–water partition coefficient (Wildman–Crippen LogP) is -0.656. The molecule has 0 spiro atoms. The average Bonchev–Trinajstić information content (AvgIpc) is 1.72. The van der Waals surface area contributed by atoms with Gasteiger partial charge in [-0.2, -0.15) is 0 Å². The van der Waals surface area contributed by atoms with E-state index in [1.165, 1.54) is 0 Å². The van der Waals surface area contributed by atoms with Crippen LogP contribution in [0.1, 0.15) is 6.42 Å². The molecule has 1 rings (SSSR count). The second-order valence-electron chi connectivity index (χ2n) is 1.31. The van der Waals surface area contributed by atoms with Gasteiger partial charge in [0.15, 0.2) is 0 Å². The van der Waals surface area contributed by atoms with Gasteiger partial charge in [0.05, 0.1) is 0 Å². The first-order valence-electron chi connectivity index (χ1n) is 2.19. The fourth-order valence-corrected chi connectivity index (χ4v) is 0.466. The van der Waals surface area contributed by atoms with Crippen molar-refractivity contribution in [1.29, 1.82) is 0 Å². The summed E-state index contributed by atoms with van der Waals surface area (Å²) in [4.78, 5) is 3.94. The third-order valence-electron chi connectivity index (χ3n) is 0.782. The molecular formula is C4H8N2+. The van der Waals surface area contributed by atoms with Gasteiger partial charge in [-0.05, 0) is 0 Å². The summed E-state index contributed by atoms with van der Waals surface area (Å²) in [6, 6.07) is 0. The van der Waals surface area contributed by atoms with E-state index < -0.39 is 0 Å². The molecule has 0 aliphatic carbocycles. The summed E-state index contributed by atoms with van der Waals surface area (Å²) in [5.74, 6) is 0. The Morgan fingerprint density at radius 1 is 1.67 bits per heavy atom. The van der Waals surface area contributed by atoms with Crippen molar-refractivity contribution in [1.82, 2.24) is 10.3 Å². The zero-order chi connectivity index (χ0) is 4.24. The first-order chi connectivity index (χ1) is 3.00. The van der Waals surface area contributed by atoms with Gasteiger partial charge in [0.1, 0.15) is 0 Å². The van der Waals surface area contributed by atoms with Crippen LogP contribution in [0.5, 0.6) is 0 Å². The first-order valence-corrected chi connectivity index (χ1v) is 2.19. The summed E-state index contributed by atoms with van der Waals surface area (Å²) in [6.45, 7) is 1.92. The normalized spacial score (nSPS) is 21.3. The minimum absolute atomic E-state index is 0.819. The highest BCUT2D eigenvalue weighted by atomic mass is 15.0. The van der Waals surface area contributed by atoms with E-state index in [9.17, 15) is 0 Å².